The molecule has 1 aliphatic carbocycles. The second-order valence-corrected chi connectivity index (χ2v) is 9.59. The summed E-state index contributed by atoms with van der Waals surface area (Å²) in [5.74, 6) is -0.442. The molecule has 3 aromatic rings. The van der Waals surface area contributed by atoms with Crippen molar-refractivity contribution < 1.29 is 9.18 Å². The molecule has 0 radical (unpaired) electrons. The topological polar surface area (TPSA) is 104 Å². The van der Waals surface area contributed by atoms with Gasteiger partial charge in [-0.15, -0.1) is 0 Å². The smallest absolute Gasteiger partial charge is 0.258 e. The third-order valence-electron chi connectivity index (χ3n) is 6.49. The van der Waals surface area contributed by atoms with Gasteiger partial charge in [-0.3, -0.25) is 9.59 Å². The first kappa shape index (κ1) is 22.1. The summed E-state index contributed by atoms with van der Waals surface area (Å²) in [6.45, 7) is 2.29. The van der Waals surface area contributed by atoms with Crippen LogP contribution >= 0.6 is 23.2 Å². The van der Waals surface area contributed by atoms with Crippen LogP contribution in [-0.2, 0) is 16.8 Å². The lowest BCUT2D eigenvalue weighted by Crippen LogP contribution is -2.42. The van der Waals surface area contributed by atoms with Crippen LogP contribution in [0.5, 0.6) is 0 Å². The molecule has 0 bridgehead atoms. The molecule has 172 valence electrons. The first-order valence-electron chi connectivity index (χ1n) is 10.7. The molecule has 1 atom stereocenters. The van der Waals surface area contributed by atoms with Crippen molar-refractivity contribution in [2.75, 3.05) is 18.4 Å². The molecule has 2 heterocycles. The van der Waals surface area contributed by atoms with E-state index in [2.05, 4.69) is 15.3 Å². The molecule has 2 aromatic carbocycles. The second-order valence-electron chi connectivity index (χ2n) is 8.75. The van der Waals surface area contributed by atoms with Crippen LogP contribution in [0.15, 0.2) is 29.1 Å². The van der Waals surface area contributed by atoms with Crippen LogP contribution in [-0.4, -0.2) is 33.9 Å². The highest BCUT2D eigenvalue weighted by molar-refractivity contribution is 6.35. The zero-order valence-electron chi connectivity index (χ0n) is 17.8. The molecular weight excluding hydrogens is 468 g/mol. The zero-order valence-corrected chi connectivity index (χ0v) is 19.4. The number of benzene rings is 2. The molecular formula is C23H22Cl2FN5O2. The maximum Gasteiger partial charge on any atom is 0.258 e. The number of aromatic nitrogens is 2. The highest BCUT2D eigenvalue weighted by Crippen LogP contribution is 2.41. The number of fused-ring (bicyclic) bond motifs is 2. The van der Waals surface area contributed by atoms with Crippen molar-refractivity contribution in [3.05, 3.63) is 67.4 Å². The lowest BCUT2D eigenvalue weighted by atomic mass is 9.93. The summed E-state index contributed by atoms with van der Waals surface area (Å²) in [6.07, 6.45) is 2.09. The Morgan fingerprint density at radius 2 is 2.09 bits per heavy atom. The van der Waals surface area contributed by atoms with Gasteiger partial charge in [-0.1, -0.05) is 23.2 Å². The number of hydrogen-bond donors (Lipinski definition) is 3. The average molecular weight is 490 g/mol. The molecule has 10 heteroatoms. The minimum Gasteiger partial charge on any atom is -0.374 e. The van der Waals surface area contributed by atoms with E-state index in [9.17, 15) is 14.0 Å². The van der Waals surface area contributed by atoms with Gasteiger partial charge in [-0.2, -0.15) is 0 Å². The summed E-state index contributed by atoms with van der Waals surface area (Å²) in [5.41, 5.74) is 7.41. The van der Waals surface area contributed by atoms with Crippen molar-refractivity contribution >= 4 is 45.7 Å². The number of anilines is 1. The predicted molar refractivity (Wildman–Crippen MR) is 126 cm³/mol. The Kier molecular flexibility index (Phi) is 5.34. The number of amides is 1. The van der Waals surface area contributed by atoms with Gasteiger partial charge < -0.3 is 20.9 Å². The van der Waals surface area contributed by atoms with Crippen molar-refractivity contribution in [2.45, 2.75) is 37.8 Å². The fraction of sp³-hybridized carbons (Fsp3) is 0.348. The Morgan fingerprint density at radius 3 is 2.82 bits per heavy atom. The number of nitrogens with zero attached hydrogens (tertiary/aromatic N) is 2. The van der Waals surface area contributed by atoms with E-state index < -0.39 is 16.9 Å². The van der Waals surface area contributed by atoms with Crippen LogP contribution in [0, 0.1) is 5.82 Å². The SMILES string of the molecule is CC1c2c(Cl)cc(Cl)cc2CCN1C(=O)CNc1cc2nc(C3(N)CC3)[nH]c(=O)c2cc1F. The number of carbonyl (C=O) groups is 1. The fourth-order valence-electron chi connectivity index (χ4n) is 4.42. The van der Waals surface area contributed by atoms with E-state index >= 15 is 0 Å². The number of aromatic amines is 1. The normalized spacial score (nSPS) is 18.8. The number of halogens is 3. The number of H-pyrrole nitrogens is 1. The Hall–Kier alpha value is -2.68. The molecule has 0 spiro atoms. The Labute approximate surface area is 199 Å². The lowest BCUT2D eigenvalue weighted by molar-refractivity contribution is -0.131. The van der Waals surface area contributed by atoms with E-state index in [0.717, 1.165) is 30.0 Å². The molecule has 0 saturated heterocycles. The lowest BCUT2D eigenvalue weighted by Gasteiger charge is -2.36. The van der Waals surface area contributed by atoms with Crippen molar-refractivity contribution in [2.24, 2.45) is 5.73 Å². The number of nitrogens with two attached hydrogens (primary N) is 1. The van der Waals surface area contributed by atoms with Crippen LogP contribution < -0.4 is 16.6 Å². The molecule has 2 aliphatic rings. The maximum atomic E-state index is 14.7. The van der Waals surface area contributed by atoms with Gasteiger partial charge >= 0.3 is 0 Å². The van der Waals surface area contributed by atoms with Gasteiger partial charge in [-0.05, 0) is 61.6 Å². The van der Waals surface area contributed by atoms with E-state index in [-0.39, 0.29) is 29.6 Å². The third kappa shape index (κ3) is 3.96. The molecule has 5 rings (SSSR count). The molecule has 1 unspecified atom stereocenters. The van der Waals surface area contributed by atoms with Gasteiger partial charge in [0.1, 0.15) is 11.6 Å². The molecule has 7 nitrogen and oxygen atoms in total. The van der Waals surface area contributed by atoms with E-state index in [1.807, 2.05) is 13.0 Å². The highest BCUT2D eigenvalue weighted by atomic mass is 35.5. The summed E-state index contributed by atoms with van der Waals surface area (Å²) in [4.78, 5) is 34.2. The van der Waals surface area contributed by atoms with Gasteiger partial charge in [0.2, 0.25) is 5.91 Å². The first-order chi connectivity index (χ1) is 15.7. The van der Waals surface area contributed by atoms with Crippen LogP contribution in [0.25, 0.3) is 10.9 Å². The summed E-state index contributed by atoms with van der Waals surface area (Å²) in [5, 5.41) is 4.08. The van der Waals surface area contributed by atoms with Crippen molar-refractivity contribution in [1.82, 2.24) is 14.9 Å². The summed E-state index contributed by atoms with van der Waals surface area (Å²) < 4.78 is 14.7. The van der Waals surface area contributed by atoms with Crippen molar-refractivity contribution in [3.8, 4) is 0 Å². The van der Waals surface area contributed by atoms with Crippen molar-refractivity contribution in [1.29, 1.82) is 0 Å². The van der Waals surface area contributed by atoms with Gasteiger partial charge in [-0.25, -0.2) is 9.37 Å². The summed E-state index contributed by atoms with van der Waals surface area (Å²) in [6, 6.07) is 5.87. The standard InChI is InChI=1S/C23H22Cl2FN5O2/c1-11-20-12(6-13(24)7-15(20)25)2-5-31(11)19(32)10-28-18-9-17-14(8-16(18)26)21(33)30-22(29-17)23(27)3-4-23/h6-9,11,28H,2-5,10,27H2,1H3,(H,29,30,33). The van der Waals surface area contributed by atoms with Crippen molar-refractivity contribution in [3.63, 3.8) is 0 Å². The molecule has 1 fully saturated rings. The largest absolute Gasteiger partial charge is 0.374 e. The molecule has 1 saturated carbocycles. The van der Waals surface area contributed by atoms with E-state index in [1.54, 1.807) is 11.0 Å². The predicted octanol–water partition coefficient (Wildman–Crippen LogP) is 3.87. The minimum atomic E-state index is -0.640. The van der Waals surface area contributed by atoms with Crippen LogP contribution in [0.3, 0.4) is 0 Å². The Bertz CT molecular complexity index is 1350. The zero-order chi connectivity index (χ0) is 23.5. The van der Waals surface area contributed by atoms with Gasteiger partial charge in [0, 0.05) is 16.6 Å². The summed E-state index contributed by atoms with van der Waals surface area (Å²) >= 11 is 12.5. The number of hydrogen-bond acceptors (Lipinski definition) is 5. The van der Waals surface area contributed by atoms with E-state index in [1.165, 1.54) is 6.07 Å². The van der Waals surface area contributed by atoms with Gasteiger partial charge in [0.15, 0.2) is 0 Å². The fourth-order valence-corrected chi connectivity index (χ4v) is 5.11. The molecule has 1 aliphatic heterocycles. The number of rotatable bonds is 4. The molecule has 1 aromatic heterocycles. The monoisotopic (exact) mass is 489 g/mol. The Balaban J connectivity index is 1.36. The minimum absolute atomic E-state index is 0.0941. The summed E-state index contributed by atoms with van der Waals surface area (Å²) in [7, 11) is 0. The van der Waals surface area contributed by atoms with Gasteiger partial charge in [0.05, 0.1) is 34.7 Å². The molecule has 4 N–H and O–H groups in total. The average Bonchev–Trinajstić information content (AvgIpc) is 3.51. The highest BCUT2D eigenvalue weighted by Gasteiger charge is 2.43. The maximum absolute atomic E-state index is 14.7. The third-order valence-corrected chi connectivity index (χ3v) is 7.02. The quantitative estimate of drug-likeness (QED) is 0.515. The Morgan fingerprint density at radius 1 is 1.33 bits per heavy atom. The number of carbonyl (C=O) groups excluding carboxylic acids is 1. The van der Waals surface area contributed by atoms with Crippen LogP contribution in [0.2, 0.25) is 10.0 Å². The number of nitrogens with one attached hydrogen (secondary N) is 2. The first-order valence-corrected chi connectivity index (χ1v) is 11.5. The molecule has 33 heavy (non-hydrogen) atoms. The van der Waals surface area contributed by atoms with Gasteiger partial charge in [0.25, 0.3) is 5.56 Å². The second kappa shape index (κ2) is 7.97. The van der Waals surface area contributed by atoms with E-state index in [4.69, 9.17) is 28.9 Å². The molecule has 1 amide bonds. The van der Waals surface area contributed by atoms with E-state index in [0.29, 0.717) is 34.4 Å². The van der Waals surface area contributed by atoms with Crippen LogP contribution in [0.4, 0.5) is 10.1 Å². The van der Waals surface area contributed by atoms with Crippen LogP contribution in [0.1, 0.15) is 42.8 Å².